The van der Waals surface area contributed by atoms with E-state index in [2.05, 4.69) is 10.1 Å². The van der Waals surface area contributed by atoms with E-state index < -0.39 is 5.97 Å². The van der Waals surface area contributed by atoms with Gasteiger partial charge in [0.25, 0.3) is 5.91 Å². The molecular weight excluding hydrogens is 284 g/mol. The third kappa shape index (κ3) is 4.15. The van der Waals surface area contributed by atoms with E-state index in [0.29, 0.717) is 25.1 Å². The molecule has 7 heteroatoms. The molecule has 0 aliphatic carbocycles. The summed E-state index contributed by atoms with van der Waals surface area (Å²) in [5.74, 6) is -0.978. The molecule has 2 aromatic rings. The minimum absolute atomic E-state index is 0.0538. The molecule has 0 saturated heterocycles. The quantitative estimate of drug-likeness (QED) is 0.832. The number of amides is 1. The van der Waals surface area contributed by atoms with Crippen molar-refractivity contribution in [3.63, 3.8) is 0 Å². The average Bonchev–Trinajstić information content (AvgIpc) is 2.99. The number of carboxylic acid groups (broad SMARTS) is 1. The van der Waals surface area contributed by atoms with Gasteiger partial charge < -0.3 is 10.0 Å². The molecule has 0 saturated carbocycles. The monoisotopic (exact) mass is 302 g/mol. The molecule has 1 N–H and O–H groups in total. The molecule has 0 spiro atoms. The van der Waals surface area contributed by atoms with Crippen molar-refractivity contribution < 1.29 is 14.7 Å². The van der Waals surface area contributed by atoms with Crippen molar-refractivity contribution in [1.29, 1.82) is 0 Å². The number of nitrogens with zero attached hydrogens (tertiary/aromatic N) is 4. The van der Waals surface area contributed by atoms with E-state index in [0.717, 1.165) is 5.56 Å². The summed E-state index contributed by atoms with van der Waals surface area (Å²) in [7, 11) is 1.68. The molecule has 0 fully saturated rings. The fourth-order valence-electron chi connectivity index (χ4n) is 2.13. The van der Waals surface area contributed by atoms with E-state index in [1.54, 1.807) is 29.0 Å². The van der Waals surface area contributed by atoms with Gasteiger partial charge in [0.15, 0.2) is 0 Å². The summed E-state index contributed by atoms with van der Waals surface area (Å²) in [6.07, 6.45) is 3.53. The number of hydrogen-bond acceptors (Lipinski definition) is 4. The number of aliphatic carboxylic acids is 1. The Labute approximate surface area is 128 Å². The molecule has 2 rings (SSSR count). The molecule has 22 heavy (non-hydrogen) atoms. The molecule has 0 bridgehead atoms. The second kappa shape index (κ2) is 7.35. The van der Waals surface area contributed by atoms with Crippen LogP contribution in [0.1, 0.15) is 28.8 Å². The lowest BCUT2D eigenvalue weighted by Crippen LogP contribution is -2.29. The van der Waals surface area contributed by atoms with Crippen LogP contribution in [0, 0.1) is 0 Å². The van der Waals surface area contributed by atoms with Crippen LogP contribution in [0.4, 0.5) is 0 Å². The largest absolute Gasteiger partial charge is 0.481 e. The van der Waals surface area contributed by atoms with E-state index in [9.17, 15) is 9.59 Å². The highest BCUT2D eigenvalue weighted by Crippen LogP contribution is 2.13. The Morgan fingerprint density at radius 2 is 2.09 bits per heavy atom. The minimum Gasteiger partial charge on any atom is -0.481 e. The molecule has 1 aromatic heterocycles. The summed E-state index contributed by atoms with van der Waals surface area (Å²) in [6.45, 7) is 0.869. The van der Waals surface area contributed by atoms with Crippen molar-refractivity contribution in [2.24, 2.45) is 0 Å². The summed E-state index contributed by atoms with van der Waals surface area (Å²) in [5, 5.41) is 12.7. The third-order valence-corrected chi connectivity index (χ3v) is 3.28. The van der Waals surface area contributed by atoms with Gasteiger partial charge in [-0.2, -0.15) is 5.10 Å². The highest BCUT2D eigenvalue weighted by Gasteiger charge is 2.15. The molecule has 7 nitrogen and oxygen atoms in total. The number of carbonyl (C=O) groups excluding carboxylic acids is 1. The van der Waals surface area contributed by atoms with Crippen LogP contribution in [0.2, 0.25) is 0 Å². The fourth-order valence-corrected chi connectivity index (χ4v) is 2.13. The number of carboxylic acids is 1. The predicted octanol–water partition coefficient (Wildman–Crippen LogP) is 1.26. The fraction of sp³-hybridized carbons (Fsp3) is 0.333. The molecule has 0 aliphatic heterocycles. The minimum atomic E-state index is -0.854. The van der Waals surface area contributed by atoms with Gasteiger partial charge in [0.2, 0.25) is 0 Å². The van der Waals surface area contributed by atoms with E-state index >= 15 is 0 Å². The van der Waals surface area contributed by atoms with Gasteiger partial charge in [-0.15, -0.1) is 0 Å². The molecule has 116 valence electrons. The van der Waals surface area contributed by atoms with Gasteiger partial charge in [-0.25, -0.2) is 9.67 Å². The standard InChI is InChI=1S/C15H18N4O3/c1-18(8-4-7-14(20)21)15(22)13-6-3-2-5-12(13)9-19-11-16-10-17-19/h2-3,5-6,10-11H,4,7-9H2,1H3,(H,20,21). The van der Waals surface area contributed by atoms with E-state index in [1.807, 2.05) is 18.2 Å². The maximum absolute atomic E-state index is 12.5. The Morgan fingerprint density at radius 3 is 2.77 bits per heavy atom. The molecule has 0 radical (unpaired) electrons. The van der Waals surface area contributed by atoms with Crippen molar-refractivity contribution >= 4 is 11.9 Å². The zero-order valence-electron chi connectivity index (χ0n) is 12.3. The topological polar surface area (TPSA) is 88.3 Å². The summed E-state index contributed by atoms with van der Waals surface area (Å²) in [5.41, 5.74) is 1.44. The first-order valence-electron chi connectivity index (χ1n) is 6.95. The zero-order chi connectivity index (χ0) is 15.9. The Kier molecular flexibility index (Phi) is 5.24. The van der Waals surface area contributed by atoms with Crippen molar-refractivity contribution in [2.75, 3.05) is 13.6 Å². The zero-order valence-corrected chi connectivity index (χ0v) is 12.3. The predicted molar refractivity (Wildman–Crippen MR) is 79.4 cm³/mol. The average molecular weight is 302 g/mol. The first-order chi connectivity index (χ1) is 10.6. The van der Waals surface area contributed by atoms with Crippen molar-refractivity contribution in [2.45, 2.75) is 19.4 Å². The second-order valence-electron chi connectivity index (χ2n) is 4.97. The smallest absolute Gasteiger partial charge is 0.303 e. The summed E-state index contributed by atoms with van der Waals surface area (Å²) < 4.78 is 1.65. The van der Waals surface area contributed by atoms with Gasteiger partial charge in [-0.1, -0.05) is 18.2 Å². The first kappa shape index (κ1) is 15.7. The van der Waals surface area contributed by atoms with Crippen LogP contribution < -0.4 is 0 Å². The molecule has 0 atom stereocenters. The van der Waals surface area contributed by atoms with Crippen LogP contribution in [0.5, 0.6) is 0 Å². The Hall–Kier alpha value is -2.70. The number of hydrogen-bond donors (Lipinski definition) is 1. The number of benzene rings is 1. The van der Waals surface area contributed by atoms with Crippen LogP contribution in [0.25, 0.3) is 0 Å². The lowest BCUT2D eigenvalue weighted by atomic mass is 10.1. The summed E-state index contributed by atoms with van der Waals surface area (Å²) in [4.78, 5) is 28.5. The SMILES string of the molecule is CN(CCCC(=O)O)C(=O)c1ccccc1Cn1cncn1. The Morgan fingerprint density at radius 1 is 1.32 bits per heavy atom. The van der Waals surface area contributed by atoms with Gasteiger partial charge in [0.1, 0.15) is 12.7 Å². The third-order valence-electron chi connectivity index (χ3n) is 3.28. The highest BCUT2D eigenvalue weighted by molar-refractivity contribution is 5.95. The van der Waals surface area contributed by atoms with Gasteiger partial charge in [-0.3, -0.25) is 9.59 Å². The first-order valence-corrected chi connectivity index (χ1v) is 6.95. The maximum atomic E-state index is 12.5. The van der Waals surface area contributed by atoms with Gasteiger partial charge >= 0.3 is 5.97 Å². The van der Waals surface area contributed by atoms with Crippen LogP contribution in [-0.2, 0) is 11.3 Å². The van der Waals surface area contributed by atoms with Crippen molar-refractivity contribution in [3.8, 4) is 0 Å². The van der Waals surface area contributed by atoms with Crippen molar-refractivity contribution in [1.82, 2.24) is 19.7 Å². The molecule has 1 heterocycles. The van der Waals surface area contributed by atoms with Gasteiger partial charge in [0.05, 0.1) is 6.54 Å². The summed E-state index contributed by atoms with van der Waals surface area (Å²) in [6, 6.07) is 7.32. The van der Waals surface area contributed by atoms with Crippen molar-refractivity contribution in [3.05, 3.63) is 48.0 Å². The lowest BCUT2D eigenvalue weighted by molar-refractivity contribution is -0.137. The Bertz CT molecular complexity index is 640. The molecule has 1 amide bonds. The molecule has 0 aliphatic rings. The molecular formula is C15H18N4O3. The number of carbonyl (C=O) groups is 2. The maximum Gasteiger partial charge on any atom is 0.303 e. The highest BCUT2D eigenvalue weighted by atomic mass is 16.4. The molecule has 1 aromatic carbocycles. The van der Waals surface area contributed by atoms with Gasteiger partial charge in [-0.05, 0) is 18.1 Å². The lowest BCUT2D eigenvalue weighted by Gasteiger charge is -2.18. The number of rotatable bonds is 7. The van der Waals surface area contributed by atoms with E-state index in [4.69, 9.17) is 5.11 Å². The van der Waals surface area contributed by atoms with Gasteiger partial charge in [0, 0.05) is 25.6 Å². The number of aromatic nitrogens is 3. The molecule has 0 unspecified atom stereocenters. The van der Waals surface area contributed by atoms with Crippen LogP contribution in [0.3, 0.4) is 0 Å². The Balaban J connectivity index is 2.07. The van der Waals surface area contributed by atoms with Crippen LogP contribution in [0.15, 0.2) is 36.9 Å². The van der Waals surface area contributed by atoms with Crippen LogP contribution >= 0.6 is 0 Å². The second-order valence-corrected chi connectivity index (χ2v) is 4.97. The summed E-state index contributed by atoms with van der Waals surface area (Å²) >= 11 is 0. The normalized spacial score (nSPS) is 10.4. The van der Waals surface area contributed by atoms with E-state index in [-0.39, 0.29) is 12.3 Å². The van der Waals surface area contributed by atoms with E-state index in [1.165, 1.54) is 6.33 Å². The van der Waals surface area contributed by atoms with Crippen LogP contribution in [-0.4, -0.2) is 50.2 Å².